The van der Waals surface area contributed by atoms with E-state index in [0.29, 0.717) is 0 Å². The van der Waals surface area contributed by atoms with E-state index in [1.165, 1.54) is 31.8 Å². The Hall–Kier alpha value is -4.20. The second-order valence-corrected chi connectivity index (χ2v) is 15.3. The average molecular weight is 1060 g/mol. The van der Waals surface area contributed by atoms with E-state index in [-0.39, 0.29) is 56.4 Å². The van der Waals surface area contributed by atoms with E-state index in [0.717, 1.165) is 0 Å². The van der Waals surface area contributed by atoms with Gasteiger partial charge in [-0.05, 0) is 72.8 Å². The fourth-order valence-electron chi connectivity index (χ4n) is 5.10. The molecule has 0 saturated heterocycles. The van der Waals surface area contributed by atoms with Gasteiger partial charge in [-0.3, -0.25) is 20.6 Å². The van der Waals surface area contributed by atoms with Gasteiger partial charge in [0, 0.05) is 11.6 Å². The Balaban J connectivity index is 0.000000173. The first-order chi connectivity index (χ1) is 23.9. The molecule has 0 atom stereocenters. The van der Waals surface area contributed by atoms with Crippen LogP contribution >= 0.6 is 15.8 Å². The number of tetrazole rings is 2. The van der Waals surface area contributed by atoms with Crippen LogP contribution in [-0.2, 0) is 44.8 Å². The van der Waals surface area contributed by atoms with Gasteiger partial charge in [0.2, 0.25) is 0 Å². The Kier molecular flexibility index (Phi) is 16.3. The van der Waals surface area contributed by atoms with Crippen LogP contribution in [0.25, 0.3) is 11.6 Å². The molecule has 0 bridgehead atoms. The summed E-state index contributed by atoms with van der Waals surface area (Å²) in [6.45, 7) is 0. The van der Waals surface area contributed by atoms with E-state index >= 15 is 0 Å². The first-order valence-corrected chi connectivity index (χ1v) is 18.3. The summed E-state index contributed by atoms with van der Waals surface area (Å²) in [5, 5.41) is 35.5. The predicted octanol–water partition coefficient (Wildman–Crippen LogP) is 3.99. The Morgan fingerprint density at radius 2 is 0.500 bits per heavy atom. The molecule has 0 N–H and O–H groups in total. The number of aromatic nitrogens is 8. The molecular weight excluding hydrogens is 1020 g/mol. The number of hydrogen-bond acceptors (Lipinski definition) is 6. The molecule has 50 heavy (non-hydrogen) atoms. The van der Waals surface area contributed by atoms with Crippen molar-refractivity contribution in [2.75, 3.05) is 0 Å². The summed E-state index contributed by atoms with van der Waals surface area (Å²) in [6, 6.07) is 65.0. The largest absolute Gasteiger partial charge is 1.00 e. The molecule has 12 heteroatoms. The summed E-state index contributed by atoms with van der Waals surface area (Å²) >= 11 is 0. The van der Waals surface area contributed by atoms with Crippen molar-refractivity contribution in [3.8, 4) is 11.6 Å². The molecule has 8 aromatic rings. The zero-order valence-electron chi connectivity index (χ0n) is 26.5. The second-order valence-electron chi connectivity index (χ2n) is 10.4. The number of rotatable bonds is 7. The minimum Gasteiger partial charge on any atom is -0.330 e. The summed E-state index contributed by atoms with van der Waals surface area (Å²) in [7, 11) is -1.75. The fraction of sp³-hybridized carbons (Fsp3) is 0. The molecule has 0 radical (unpaired) electrons. The van der Waals surface area contributed by atoms with Crippen molar-refractivity contribution in [2.45, 2.75) is 0 Å². The van der Waals surface area contributed by atoms with Crippen LogP contribution in [0, 0.1) is 0 Å². The van der Waals surface area contributed by atoms with Crippen LogP contribution in [0.2, 0.25) is 0 Å². The molecule has 0 unspecified atom stereocenters. The zero-order valence-corrected chi connectivity index (χ0v) is 32.8. The van der Waals surface area contributed by atoms with Gasteiger partial charge in [-0.25, -0.2) is 0 Å². The van der Waals surface area contributed by atoms with Crippen LogP contribution in [0.1, 0.15) is 0 Å². The van der Waals surface area contributed by atoms with Crippen molar-refractivity contribution in [1.29, 1.82) is 0 Å². The molecule has 2 heterocycles. The van der Waals surface area contributed by atoms with Crippen molar-refractivity contribution < 1.29 is 44.8 Å². The molecule has 254 valence electrons. The number of hydrogen-bond donors (Lipinski definition) is 0. The Bertz CT molecular complexity index is 1670. The number of benzene rings is 6. The molecule has 0 aliphatic heterocycles. The quantitative estimate of drug-likeness (QED) is 0.175. The van der Waals surface area contributed by atoms with Gasteiger partial charge in [-0.15, -0.1) is 0 Å². The van der Waals surface area contributed by atoms with Gasteiger partial charge in [0.05, 0.1) is 15.8 Å². The van der Waals surface area contributed by atoms with E-state index in [1.807, 2.05) is 0 Å². The molecule has 0 saturated carbocycles. The maximum Gasteiger partial charge on any atom is 1.00 e. The normalized spacial score (nSPS) is 10.0. The predicted molar refractivity (Wildman–Crippen MR) is 198 cm³/mol. The van der Waals surface area contributed by atoms with Gasteiger partial charge in [0.15, 0.2) is 0 Å². The molecule has 0 aliphatic carbocycles. The zero-order chi connectivity index (χ0) is 32.6. The Morgan fingerprint density at radius 1 is 0.300 bits per heavy atom. The minimum absolute atomic E-state index is 0. The second kappa shape index (κ2) is 21.1. The van der Waals surface area contributed by atoms with Gasteiger partial charge >= 0.3 is 44.8 Å². The molecule has 6 aromatic carbocycles. The molecule has 8 nitrogen and oxygen atoms in total. The smallest absolute Gasteiger partial charge is 0.330 e. The van der Waals surface area contributed by atoms with Gasteiger partial charge in [0.1, 0.15) is 31.8 Å². The van der Waals surface area contributed by atoms with Gasteiger partial charge in [-0.1, -0.05) is 109 Å². The first kappa shape index (κ1) is 38.6. The van der Waals surface area contributed by atoms with Crippen LogP contribution in [0.4, 0.5) is 0 Å². The van der Waals surface area contributed by atoms with E-state index in [2.05, 4.69) is 223 Å². The van der Waals surface area contributed by atoms with Crippen LogP contribution in [-0.4, -0.2) is 31.1 Å². The number of nitrogens with zero attached hydrogens (tertiary/aromatic N) is 8. The van der Waals surface area contributed by atoms with Gasteiger partial charge in [-0.2, -0.15) is 10.4 Å². The maximum absolute atomic E-state index is 3.48. The molecule has 0 aliphatic rings. The Labute approximate surface area is 325 Å². The molecule has 0 spiro atoms. The van der Waals surface area contributed by atoms with Crippen LogP contribution in [0.3, 0.4) is 0 Å². The molecule has 0 fully saturated rings. The topological polar surface area (TPSA) is 106 Å². The minimum atomic E-state index is -0.877. The van der Waals surface area contributed by atoms with Crippen molar-refractivity contribution >= 4 is 47.7 Å². The SMILES string of the molecule is [Au+].[Au+].c1ccc([PH+](c2ccccc2)c2ccccc2)cc1.c1ccc([PH+](c2ccccc2)c2ccccc2)cc1.n1n[n-]c(-c2nnn[n-]2)n1. The van der Waals surface area contributed by atoms with Crippen LogP contribution in [0.5, 0.6) is 0 Å². The maximum atomic E-state index is 3.48. The van der Waals surface area contributed by atoms with Gasteiger partial charge in [0.25, 0.3) is 0 Å². The van der Waals surface area contributed by atoms with Crippen molar-refractivity contribution in [3.05, 3.63) is 182 Å². The summed E-state index contributed by atoms with van der Waals surface area (Å²) in [6.07, 6.45) is 0. The van der Waals surface area contributed by atoms with Crippen molar-refractivity contribution in [2.24, 2.45) is 0 Å². The summed E-state index contributed by atoms with van der Waals surface area (Å²) in [5.41, 5.74) is 0. The molecule has 2 aromatic heterocycles. The average Bonchev–Trinajstić information content (AvgIpc) is 3.91. The molecular formula is C38H32Au2N8P2+2. The monoisotopic (exact) mass is 1060 g/mol. The van der Waals surface area contributed by atoms with E-state index in [4.69, 9.17) is 0 Å². The fourth-order valence-corrected chi connectivity index (χ4v) is 10.3. The molecule has 8 rings (SSSR count). The van der Waals surface area contributed by atoms with Gasteiger partial charge < -0.3 is 10.2 Å². The molecule has 0 amide bonds. The third-order valence-corrected chi connectivity index (χ3v) is 12.7. The van der Waals surface area contributed by atoms with Crippen molar-refractivity contribution in [3.63, 3.8) is 0 Å². The van der Waals surface area contributed by atoms with E-state index < -0.39 is 15.8 Å². The van der Waals surface area contributed by atoms with E-state index in [9.17, 15) is 0 Å². The summed E-state index contributed by atoms with van der Waals surface area (Å²) < 4.78 is 0. The first-order valence-electron chi connectivity index (χ1n) is 15.3. The third-order valence-electron chi connectivity index (χ3n) is 7.21. The van der Waals surface area contributed by atoms with Crippen LogP contribution < -0.4 is 42.0 Å². The van der Waals surface area contributed by atoms with E-state index in [1.54, 1.807) is 0 Å². The Morgan fingerprint density at radius 3 is 0.660 bits per heavy atom. The van der Waals surface area contributed by atoms with Crippen molar-refractivity contribution in [1.82, 2.24) is 41.2 Å². The standard InChI is InChI=1S/2C18H15P.C2N8.2Au/c2*1-4-10-16(11-5-1)19(17-12-6-2-7-13-17)18-14-8-3-9-15-18;3-1(4-8-7-3)2-5-9-10-6-2;;/h2*1-15H;;;/q;;-2;2*+1/p+2. The summed E-state index contributed by atoms with van der Waals surface area (Å²) in [4.78, 5) is 0. The van der Waals surface area contributed by atoms with Crippen LogP contribution in [0.15, 0.2) is 182 Å². The third kappa shape index (κ3) is 10.9. The summed E-state index contributed by atoms with van der Waals surface area (Å²) in [5.74, 6) is 0.481.